The first kappa shape index (κ1) is 28.2. The van der Waals surface area contributed by atoms with Gasteiger partial charge in [0.25, 0.3) is 15.9 Å². The van der Waals surface area contributed by atoms with Gasteiger partial charge in [0.1, 0.15) is 5.75 Å². The van der Waals surface area contributed by atoms with Crippen LogP contribution in [0.1, 0.15) is 29.6 Å². The van der Waals surface area contributed by atoms with E-state index in [1.54, 1.807) is 0 Å². The smallest absolute Gasteiger partial charge is 0.261 e. The minimum absolute atomic E-state index is 0.000940. The van der Waals surface area contributed by atoms with E-state index in [9.17, 15) is 21.6 Å². The topological polar surface area (TPSA) is 122 Å². The number of ether oxygens (including phenoxy) is 1. The van der Waals surface area contributed by atoms with Gasteiger partial charge >= 0.3 is 0 Å². The van der Waals surface area contributed by atoms with Gasteiger partial charge in [-0.3, -0.25) is 9.52 Å². The Morgan fingerprint density at radius 2 is 1.42 bits per heavy atom. The highest BCUT2D eigenvalue weighted by molar-refractivity contribution is 7.92. The molecule has 0 aliphatic carbocycles. The molecule has 1 amide bonds. The molecule has 0 unspecified atom stereocenters. The van der Waals surface area contributed by atoms with Crippen LogP contribution in [0, 0.1) is 0 Å². The number of rotatable bonds is 8. The van der Waals surface area contributed by atoms with Gasteiger partial charge < -0.3 is 10.1 Å². The third-order valence-electron chi connectivity index (χ3n) is 5.91. The van der Waals surface area contributed by atoms with Crippen LogP contribution in [0.25, 0.3) is 0 Å². The molecule has 1 fully saturated rings. The van der Waals surface area contributed by atoms with E-state index < -0.39 is 26.0 Å². The fourth-order valence-corrected chi connectivity index (χ4v) is 7.13. The van der Waals surface area contributed by atoms with Gasteiger partial charge in [0.2, 0.25) is 10.0 Å². The summed E-state index contributed by atoms with van der Waals surface area (Å²) in [6.45, 7) is 0.870. The number of hydrogen-bond donors (Lipinski definition) is 2. The Bertz CT molecular complexity index is 1540. The number of nitrogens with zero attached hydrogens (tertiary/aromatic N) is 1. The molecule has 0 saturated carbocycles. The average molecular weight is 599 g/mol. The second-order valence-corrected chi connectivity index (χ2v) is 13.1. The highest BCUT2D eigenvalue weighted by atomic mass is 35.5. The van der Waals surface area contributed by atoms with E-state index in [1.807, 2.05) is 0 Å². The number of carbonyl (C=O) groups excluding carboxylic acids is 1. The maximum atomic E-state index is 13.1. The van der Waals surface area contributed by atoms with E-state index >= 15 is 0 Å². The molecule has 202 valence electrons. The number of sulfonamides is 2. The predicted molar refractivity (Wildman–Crippen MR) is 147 cm³/mol. The van der Waals surface area contributed by atoms with Crippen LogP contribution in [0.3, 0.4) is 0 Å². The van der Waals surface area contributed by atoms with Crippen molar-refractivity contribution in [1.29, 1.82) is 0 Å². The number of methoxy groups -OCH3 is 1. The number of hydrogen-bond acceptors (Lipinski definition) is 6. The summed E-state index contributed by atoms with van der Waals surface area (Å²) in [7, 11) is -6.34. The number of halogens is 2. The first-order valence-corrected chi connectivity index (χ1v) is 15.3. The number of piperidine rings is 1. The summed E-state index contributed by atoms with van der Waals surface area (Å²) < 4.78 is 60.8. The van der Waals surface area contributed by atoms with Crippen molar-refractivity contribution in [2.45, 2.75) is 29.1 Å². The Labute approximate surface area is 231 Å². The highest BCUT2D eigenvalue weighted by Gasteiger charge is 2.28. The van der Waals surface area contributed by atoms with E-state index in [2.05, 4.69) is 10.0 Å². The van der Waals surface area contributed by atoms with Crippen LogP contribution in [0.5, 0.6) is 5.75 Å². The first-order valence-electron chi connectivity index (χ1n) is 11.6. The van der Waals surface area contributed by atoms with Gasteiger partial charge in [0.15, 0.2) is 0 Å². The largest absolute Gasteiger partial charge is 0.496 e. The summed E-state index contributed by atoms with van der Waals surface area (Å²) in [6, 6.07) is 13.9. The number of amides is 1. The van der Waals surface area contributed by atoms with Crippen LogP contribution in [-0.2, 0) is 20.0 Å². The zero-order chi connectivity index (χ0) is 27.5. The Kier molecular flexibility index (Phi) is 8.53. The number of anilines is 2. The van der Waals surface area contributed by atoms with Crippen LogP contribution < -0.4 is 14.8 Å². The van der Waals surface area contributed by atoms with Crippen LogP contribution in [-0.4, -0.2) is 47.2 Å². The fraction of sp³-hybridized carbons (Fsp3) is 0.240. The molecule has 3 aromatic carbocycles. The van der Waals surface area contributed by atoms with E-state index in [0.29, 0.717) is 18.8 Å². The van der Waals surface area contributed by atoms with E-state index in [0.717, 1.165) is 19.3 Å². The number of nitrogens with one attached hydrogen (secondary N) is 2. The molecule has 0 atom stereocenters. The number of carbonyl (C=O) groups is 1. The summed E-state index contributed by atoms with van der Waals surface area (Å²) in [4.78, 5) is 13.0. The lowest BCUT2D eigenvalue weighted by atomic mass is 10.2. The monoisotopic (exact) mass is 597 g/mol. The molecule has 3 aromatic rings. The quantitative estimate of drug-likeness (QED) is 0.366. The van der Waals surface area contributed by atoms with Crippen molar-refractivity contribution < 1.29 is 26.4 Å². The standard InChI is InChI=1S/C25H25Cl2N3O6S2/c1-36-24-10-9-22(38(34,35)30-11-3-2-4-12-30)16-23(24)25(31)28-19-5-7-21(8-6-19)37(32,33)29-20-14-17(26)13-18(27)15-20/h5-10,13-16,29H,2-4,11-12H2,1H3,(H,28,31). The van der Waals surface area contributed by atoms with Gasteiger partial charge in [-0.25, -0.2) is 16.8 Å². The molecule has 0 aromatic heterocycles. The minimum atomic E-state index is -3.96. The molecule has 1 aliphatic rings. The van der Waals surface area contributed by atoms with Crippen LogP contribution in [0.2, 0.25) is 10.0 Å². The van der Waals surface area contributed by atoms with Gasteiger partial charge in [-0.15, -0.1) is 0 Å². The van der Waals surface area contributed by atoms with Gasteiger partial charge in [0.05, 0.1) is 28.2 Å². The van der Waals surface area contributed by atoms with E-state index in [4.69, 9.17) is 27.9 Å². The third-order valence-corrected chi connectivity index (χ3v) is 9.63. The fourth-order valence-electron chi connectivity index (χ4n) is 4.02. The van der Waals surface area contributed by atoms with Crippen LogP contribution in [0.4, 0.5) is 11.4 Å². The van der Waals surface area contributed by atoms with Gasteiger partial charge in [-0.1, -0.05) is 29.6 Å². The molecule has 38 heavy (non-hydrogen) atoms. The van der Waals surface area contributed by atoms with E-state index in [-0.39, 0.29) is 36.8 Å². The highest BCUT2D eigenvalue weighted by Crippen LogP contribution is 2.28. The molecule has 2 N–H and O–H groups in total. The lowest BCUT2D eigenvalue weighted by molar-refractivity contribution is 0.102. The first-order chi connectivity index (χ1) is 18.0. The summed E-state index contributed by atoms with van der Waals surface area (Å²) in [5.41, 5.74) is 0.527. The predicted octanol–water partition coefficient (Wildman–Crippen LogP) is 5.23. The van der Waals surface area contributed by atoms with Crippen LogP contribution in [0.15, 0.2) is 70.5 Å². The zero-order valence-corrected chi connectivity index (χ0v) is 23.4. The molecule has 1 aliphatic heterocycles. The molecule has 1 heterocycles. The normalized spacial score (nSPS) is 14.6. The second kappa shape index (κ2) is 11.5. The molecular formula is C25H25Cl2N3O6S2. The van der Waals surface area contributed by atoms with Crippen molar-refractivity contribution >= 4 is 60.5 Å². The Hall–Kier alpha value is -2.83. The molecule has 0 bridgehead atoms. The van der Waals surface area contributed by atoms with Gasteiger partial charge in [-0.05, 0) is 73.5 Å². The molecule has 0 spiro atoms. The maximum Gasteiger partial charge on any atom is 0.261 e. The van der Waals surface area contributed by atoms with Crippen molar-refractivity contribution in [2.24, 2.45) is 0 Å². The average Bonchev–Trinajstić information content (AvgIpc) is 2.88. The molecule has 13 heteroatoms. The Morgan fingerprint density at radius 1 is 0.816 bits per heavy atom. The molecule has 9 nitrogen and oxygen atoms in total. The van der Waals surface area contributed by atoms with Crippen LogP contribution >= 0.6 is 23.2 Å². The maximum absolute atomic E-state index is 13.1. The molecule has 4 rings (SSSR count). The van der Waals surface area contributed by atoms with Crippen molar-refractivity contribution in [3.8, 4) is 5.75 Å². The van der Waals surface area contributed by atoms with Crippen molar-refractivity contribution in [1.82, 2.24) is 4.31 Å². The third kappa shape index (κ3) is 6.41. The lowest BCUT2D eigenvalue weighted by Crippen LogP contribution is -2.35. The lowest BCUT2D eigenvalue weighted by Gasteiger charge is -2.26. The SMILES string of the molecule is COc1ccc(S(=O)(=O)N2CCCCC2)cc1C(=O)Nc1ccc(S(=O)(=O)Nc2cc(Cl)cc(Cl)c2)cc1. The zero-order valence-electron chi connectivity index (χ0n) is 20.3. The summed E-state index contributed by atoms with van der Waals surface area (Å²) in [6.07, 6.45) is 2.56. The Balaban J connectivity index is 1.53. The molecular weight excluding hydrogens is 573 g/mol. The summed E-state index contributed by atoms with van der Waals surface area (Å²) >= 11 is 11.9. The summed E-state index contributed by atoms with van der Waals surface area (Å²) in [5.74, 6) is -0.413. The molecule has 1 saturated heterocycles. The van der Waals surface area contributed by atoms with Gasteiger partial charge in [0, 0.05) is 28.8 Å². The van der Waals surface area contributed by atoms with Crippen molar-refractivity contribution in [2.75, 3.05) is 30.2 Å². The van der Waals surface area contributed by atoms with Gasteiger partial charge in [-0.2, -0.15) is 4.31 Å². The number of benzene rings is 3. The minimum Gasteiger partial charge on any atom is -0.496 e. The van der Waals surface area contributed by atoms with E-state index in [1.165, 1.54) is 72.1 Å². The molecule has 0 radical (unpaired) electrons. The second-order valence-electron chi connectivity index (χ2n) is 8.57. The Morgan fingerprint density at radius 3 is 2.03 bits per heavy atom. The summed E-state index contributed by atoms with van der Waals surface area (Å²) in [5, 5.41) is 3.21. The van der Waals surface area contributed by atoms with Crippen molar-refractivity contribution in [3.05, 3.63) is 76.3 Å². The van der Waals surface area contributed by atoms with Crippen molar-refractivity contribution in [3.63, 3.8) is 0 Å².